The zero-order valence-electron chi connectivity index (χ0n) is 12.6. The molecule has 2 N–H and O–H groups in total. The second-order valence-electron chi connectivity index (χ2n) is 5.66. The number of aromatic nitrogens is 1. The van der Waals surface area contributed by atoms with Crippen LogP contribution >= 0.6 is 0 Å². The fraction of sp³-hybridized carbons (Fsp3) is 0.688. The van der Waals surface area contributed by atoms with Crippen molar-refractivity contribution in [2.75, 3.05) is 11.4 Å². The highest BCUT2D eigenvalue weighted by Crippen LogP contribution is 2.30. The molecule has 1 aromatic rings. The molecule has 0 radical (unpaired) electrons. The Morgan fingerprint density at radius 3 is 2.79 bits per heavy atom. The van der Waals surface area contributed by atoms with Crippen molar-refractivity contribution in [1.29, 1.82) is 0 Å². The number of hydrogen-bond donors (Lipinski definition) is 1. The van der Waals surface area contributed by atoms with E-state index in [9.17, 15) is 0 Å². The Morgan fingerprint density at radius 2 is 2.11 bits per heavy atom. The van der Waals surface area contributed by atoms with Crippen LogP contribution in [-0.4, -0.2) is 17.6 Å². The van der Waals surface area contributed by atoms with Gasteiger partial charge in [0.1, 0.15) is 0 Å². The van der Waals surface area contributed by atoms with E-state index in [0.29, 0.717) is 12.6 Å². The van der Waals surface area contributed by atoms with Gasteiger partial charge < -0.3 is 10.6 Å². The number of anilines is 1. The molecule has 1 unspecified atom stereocenters. The van der Waals surface area contributed by atoms with Gasteiger partial charge in [0.25, 0.3) is 0 Å². The minimum Gasteiger partial charge on any atom is -0.368 e. The van der Waals surface area contributed by atoms with E-state index in [4.69, 9.17) is 5.73 Å². The molecule has 106 valence electrons. The van der Waals surface area contributed by atoms with Crippen molar-refractivity contribution in [3.05, 3.63) is 23.0 Å². The number of rotatable bonds is 3. The van der Waals surface area contributed by atoms with Crippen LogP contribution in [0.5, 0.6) is 0 Å². The predicted molar refractivity (Wildman–Crippen MR) is 81.5 cm³/mol. The van der Waals surface area contributed by atoms with E-state index in [1.54, 1.807) is 0 Å². The average Bonchev–Trinajstić information content (AvgIpc) is 2.62. The fourth-order valence-electron chi connectivity index (χ4n) is 3.26. The molecule has 0 saturated carbocycles. The lowest BCUT2D eigenvalue weighted by Crippen LogP contribution is -2.35. The minimum atomic E-state index is 0.585. The summed E-state index contributed by atoms with van der Waals surface area (Å²) in [7, 11) is 0. The van der Waals surface area contributed by atoms with Crippen molar-refractivity contribution >= 4 is 5.69 Å². The number of aryl methyl sites for hydroxylation is 2. The first-order chi connectivity index (χ1) is 9.17. The second-order valence-corrected chi connectivity index (χ2v) is 5.66. The summed E-state index contributed by atoms with van der Waals surface area (Å²) in [5.41, 5.74) is 10.7. The van der Waals surface area contributed by atoms with Gasteiger partial charge in [-0.15, -0.1) is 0 Å². The molecule has 1 fully saturated rings. The third-order valence-corrected chi connectivity index (χ3v) is 4.30. The number of pyridine rings is 1. The maximum Gasteiger partial charge on any atom is 0.0450 e. The maximum absolute atomic E-state index is 5.97. The van der Waals surface area contributed by atoms with Gasteiger partial charge in [0.15, 0.2) is 0 Å². The molecule has 0 bridgehead atoms. The van der Waals surface area contributed by atoms with Crippen molar-refractivity contribution in [3.8, 4) is 0 Å². The van der Waals surface area contributed by atoms with Crippen LogP contribution in [0, 0.1) is 13.8 Å². The highest BCUT2D eigenvalue weighted by atomic mass is 15.2. The third kappa shape index (κ3) is 3.08. The van der Waals surface area contributed by atoms with Crippen molar-refractivity contribution in [3.63, 3.8) is 0 Å². The Labute approximate surface area is 117 Å². The van der Waals surface area contributed by atoms with Gasteiger partial charge in [0, 0.05) is 41.8 Å². The molecule has 1 atom stereocenters. The van der Waals surface area contributed by atoms with Crippen LogP contribution in [0.25, 0.3) is 0 Å². The van der Waals surface area contributed by atoms with Gasteiger partial charge in [-0.2, -0.15) is 0 Å². The van der Waals surface area contributed by atoms with Crippen LogP contribution in [0.4, 0.5) is 5.69 Å². The van der Waals surface area contributed by atoms with E-state index >= 15 is 0 Å². The molecular formula is C16H27N3. The Kier molecular flexibility index (Phi) is 4.81. The largest absolute Gasteiger partial charge is 0.368 e. The lowest BCUT2D eigenvalue weighted by Gasteiger charge is -2.33. The van der Waals surface area contributed by atoms with Gasteiger partial charge >= 0.3 is 0 Å². The van der Waals surface area contributed by atoms with Crippen LogP contribution in [0.1, 0.15) is 56.0 Å². The van der Waals surface area contributed by atoms with Crippen LogP contribution in [-0.2, 0) is 6.54 Å². The average molecular weight is 261 g/mol. The Balaban J connectivity index is 2.42. The lowest BCUT2D eigenvalue weighted by molar-refractivity contribution is 0.554. The van der Waals surface area contributed by atoms with E-state index in [2.05, 4.69) is 36.7 Å². The molecule has 1 saturated heterocycles. The summed E-state index contributed by atoms with van der Waals surface area (Å²) in [6.07, 6.45) is 6.52. The number of hydrogen-bond acceptors (Lipinski definition) is 3. The van der Waals surface area contributed by atoms with Crippen LogP contribution < -0.4 is 10.6 Å². The first-order valence-corrected chi connectivity index (χ1v) is 7.61. The summed E-state index contributed by atoms with van der Waals surface area (Å²) in [6.45, 7) is 8.20. The summed E-state index contributed by atoms with van der Waals surface area (Å²) in [5.74, 6) is 0. The van der Waals surface area contributed by atoms with Gasteiger partial charge in [-0.3, -0.25) is 4.98 Å². The molecule has 0 aliphatic carbocycles. The lowest BCUT2D eigenvalue weighted by atomic mass is 10.0. The van der Waals surface area contributed by atoms with Crippen LogP contribution in [0.3, 0.4) is 0 Å². The fourth-order valence-corrected chi connectivity index (χ4v) is 3.26. The second kappa shape index (κ2) is 6.38. The molecule has 1 aliphatic rings. The SMILES string of the molecule is CCC1CCCCCN1c1cc(C)nc(C)c1CN. The number of nitrogens with zero attached hydrogens (tertiary/aromatic N) is 2. The highest BCUT2D eigenvalue weighted by molar-refractivity contribution is 5.57. The number of nitrogens with two attached hydrogens (primary N) is 1. The quantitative estimate of drug-likeness (QED) is 0.907. The van der Waals surface area contributed by atoms with E-state index in [-0.39, 0.29) is 0 Å². The van der Waals surface area contributed by atoms with Crippen molar-refractivity contribution < 1.29 is 0 Å². The molecule has 1 aliphatic heterocycles. The Morgan fingerprint density at radius 1 is 1.32 bits per heavy atom. The molecule has 3 nitrogen and oxygen atoms in total. The summed E-state index contributed by atoms with van der Waals surface area (Å²) >= 11 is 0. The van der Waals surface area contributed by atoms with E-state index in [1.807, 2.05) is 0 Å². The van der Waals surface area contributed by atoms with Crippen molar-refractivity contribution in [1.82, 2.24) is 4.98 Å². The molecule has 2 heterocycles. The molecule has 0 aromatic carbocycles. The monoisotopic (exact) mass is 261 g/mol. The summed E-state index contributed by atoms with van der Waals surface area (Å²) in [4.78, 5) is 7.16. The van der Waals surface area contributed by atoms with Gasteiger partial charge in [0.2, 0.25) is 0 Å². The normalized spacial score (nSPS) is 20.4. The predicted octanol–water partition coefficient (Wildman–Crippen LogP) is 3.32. The first-order valence-electron chi connectivity index (χ1n) is 7.61. The van der Waals surface area contributed by atoms with Crippen LogP contribution in [0.15, 0.2) is 6.07 Å². The van der Waals surface area contributed by atoms with E-state index in [0.717, 1.165) is 17.9 Å². The van der Waals surface area contributed by atoms with Gasteiger partial charge in [-0.05, 0) is 39.2 Å². The molecule has 1 aromatic heterocycles. The molecular weight excluding hydrogens is 234 g/mol. The third-order valence-electron chi connectivity index (χ3n) is 4.30. The molecule has 0 amide bonds. The maximum atomic E-state index is 5.97. The smallest absolute Gasteiger partial charge is 0.0450 e. The van der Waals surface area contributed by atoms with Gasteiger partial charge in [-0.25, -0.2) is 0 Å². The zero-order valence-corrected chi connectivity index (χ0v) is 12.6. The topological polar surface area (TPSA) is 42.2 Å². The van der Waals surface area contributed by atoms with Gasteiger partial charge in [-0.1, -0.05) is 19.8 Å². The summed E-state index contributed by atoms with van der Waals surface area (Å²) in [6, 6.07) is 2.89. The minimum absolute atomic E-state index is 0.585. The van der Waals surface area contributed by atoms with E-state index in [1.165, 1.54) is 43.4 Å². The highest BCUT2D eigenvalue weighted by Gasteiger charge is 2.22. The van der Waals surface area contributed by atoms with Crippen molar-refractivity contribution in [2.24, 2.45) is 5.73 Å². The Hall–Kier alpha value is -1.09. The summed E-state index contributed by atoms with van der Waals surface area (Å²) in [5, 5.41) is 0. The zero-order chi connectivity index (χ0) is 13.8. The first kappa shape index (κ1) is 14.3. The Bertz CT molecular complexity index is 428. The summed E-state index contributed by atoms with van der Waals surface area (Å²) < 4.78 is 0. The molecule has 19 heavy (non-hydrogen) atoms. The van der Waals surface area contributed by atoms with E-state index < -0.39 is 0 Å². The standard InChI is InChI=1S/C16H27N3/c1-4-14-8-6-5-7-9-19(14)16-10-12(2)18-13(3)15(16)11-17/h10,14H,4-9,11,17H2,1-3H3. The van der Waals surface area contributed by atoms with Crippen LogP contribution in [0.2, 0.25) is 0 Å². The molecule has 3 heteroatoms. The molecule has 2 rings (SSSR count). The van der Waals surface area contributed by atoms with Crippen molar-refractivity contribution in [2.45, 2.75) is 65.5 Å². The van der Waals surface area contributed by atoms with Gasteiger partial charge in [0.05, 0.1) is 0 Å². The molecule has 0 spiro atoms.